The summed E-state index contributed by atoms with van der Waals surface area (Å²) in [6.07, 6.45) is 1.67. The second kappa shape index (κ2) is 3.87. The molecule has 0 aliphatic rings. The van der Waals surface area contributed by atoms with Gasteiger partial charge in [-0.15, -0.1) is 11.3 Å². The largest absolute Gasteiger partial charge is 0.271 e. The van der Waals surface area contributed by atoms with Crippen molar-refractivity contribution in [1.29, 1.82) is 0 Å². The highest BCUT2D eigenvalue weighted by molar-refractivity contribution is 7.10. The van der Waals surface area contributed by atoms with E-state index in [4.69, 9.17) is 5.84 Å². The van der Waals surface area contributed by atoms with E-state index in [1.165, 1.54) is 4.88 Å². The first-order valence-electron chi connectivity index (χ1n) is 4.18. The van der Waals surface area contributed by atoms with Crippen molar-refractivity contribution in [3.05, 3.63) is 33.8 Å². The van der Waals surface area contributed by atoms with E-state index >= 15 is 0 Å². The minimum absolute atomic E-state index is 0.0833. The third-order valence-corrected chi connectivity index (χ3v) is 2.97. The molecule has 0 radical (unpaired) electrons. The molecule has 2 heterocycles. The molecule has 2 rings (SSSR count). The molecule has 1 atom stereocenters. The van der Waals surface area contributed by atoms with E-state index in [0.29, 0.717) is 0 Å². The predicted octanol–water partition coefficient (Wildman–Crippen LogP) is 0.727. The van der Waals surface area contributed by atoms with Gasteiger partial charge in [-0.3, -0.25) is 5.84 Å². The van der Waals surface area contributed by atoms with Crippen LogP contribution < -0.4 is 11.3 Å². The maximum absolute atomic E-state index is 5.50. The molecule has 0 saturated carbocycles. The summed E-state index contributed by atoms with van der Waals surface area (Å²) in [6, 6.07) is 1.96. The third-order valence-electron chi connectivity index (χ3n) is 2.11. The van der Waals surface area contributed by atoms with Crippen LogP contribution in [0.2, 0.25) is 0 Å². The summed E-state index contributed by atoms with van der Waals surface area (Å²) in [5, 5.41) is 12.4. The maximum Gasteiger partial charge on any atom is 0.105 e. The van der Waals surface area contributed by atoms with E-state index < -0.39 is 0 Å². The quantitative estimate of drug-likeness (QED) is 0.514. The molecule has 5 nitrogen and oxygen atoms in total. The van der Waals surface area contributed by atoms with Gasteiger partial charge in [0.15, 0.2) is 0 Å². The summed E-state index contributed by atoms with van der Waals surface area (Å²) in [5.41, 5.74) is 4.68. The number of aromatic nitrogens is 3. The average molecular weight is 209 g/mol. The summed E-state index contributed by atoms with van der Waals surface area (Å²) < 4.78 is 0. The van der Waals surface area contributed by atoms with Gasteiger partial charge in [-0.25, -0.2) is 5.43 Å². The van der Waals surface area contributed by atoms with Crippen molar-refractivity contribution in [2.75, 3.05) is 0 Å². The van der Waals surface area contributed by atoms with Gasteiger partial charge in [-0.05, 0) is 23.9 Å². The van der Waals surface area contributed by atoms with Gasteiger partial charge in [0.1, 0.15) is 5.69 Å². The van der Waals surface area contributed by atoms with Crippen LogP contribution in [0.1, 0.15) is 22.2 Å². The molecule has 74 valence electrons. The van der Waals surface area contributed by atoms with Crippen molar-refractivity contribution in [3.63, 3.8) is 0 Å². The zero-order chi connectivity index (χ0) is 9.97. The van der Waals surface area contributed by atoms with Gasteiger partial charge in [-0.2, -0.15) is 15.4 Å². The Balaban J connectivity index is 2.36. The van der Waals surface area contributed by atoms with Crippen LogP contribution in [0.5, 0.6) is 0 Å². The van der Waals surface area contributed by atoms with E-state index in [1.54, 1.807) is 17.5 Å². The Labute approximate surface area is 85.3 Å². The maximum atomic E-state index is 5.50. The topological polar surface area (TPSA) is 79.6 Å². The number of H-pyrrole nitrogens is 1. The second-order valence-corrected chi connectivity index (χ2v) is 4.05. The molecule has 14 heavy (non-hydrogen) atoms. The Hall–Kier alpha value is -1.24. The molecule has 0 spiro atoms. The van der Waals surface area contributed by atoms with Crippen LogP contribution in [-0.2, 0) is 0 Å². The number of hydrogen-bond acceptors (Lipinski definition) is 5. The molecule has 0 aromatic carbocycles. The fourth-order valence-electron chi connectivity index (χ4n) is 1.38. The molecule has 2 aromatic rings. The van der Waals surface area contributed by atoms with E-state index in [1.807, 2.05) is 11.4 Å². The lowest BCUT2D eigenvalue weighted by Crippen LogP contribution is -2.29. The van der Waals surface area contributed by atoms with Crippen LogP contribution in [0.25, 0.3) is 0 Å². The normalized spacial score (nSPS) is 13.0. The molecule has 0 fully saturated rings. The number of nitrogens with two attached hydrogens (primary N) is 1. The Morgan fingerprint density at radius 2 is 2.50 bits per heavy atom. The molecule has 0 saturated heterocycles. The number of aromatic amines is 1. The highest BCUT2D eigenvalue weighted by Crippen LogP contribution is 2.25. The predicted molar refractivity (Wildman–Crippen MR) is 54.6 cm³/mol. The van der Waals surface area contributed by atoms with Gasteiger partial charge >= 0.3 is 0 Å². The Kier molecular flexibility index (Phi) is 2.58. The summed E-state index contributed by atoms with van der Waals surface area (Å²) in [6.45, 7) is 2.06. The molecular formula is C8H11N5S. The average Bonchev–Trinajstić information content (AvgIpc) is 2.80. The number of aryl methyl sites for hydroxylation is 1. The lowest BCUT2D eigenvalue weighted by Gasteiger charge is -2.12. The molecule has 4 N–H and O–H groups in total. The van der Waals surface area contributed by atoms with Crippen molar-refractivity contribution in [2.24, 2.45) is 5.84 Å². The zero-order valence-corrected chi connectivity index (χ0v) is 8.51. The van der Waals surface area contributed by atoms with Crippen LogP contribution in [0.15, 0.2) is 17.6 Å². The van der Waals surface area contributed by atoms with Gasteiger partial charge in [0.25, 0.3) is 0 Å². The number of thiophene rings is 1. The zero-order valence-electron chi connectivity index (χ0n) is 7.69. The first-order chi connectivity index (χ1) is 6.83. The first kappa shape index (κ1) is 9.32. The summed E-state index contributed by atoms with van der Waals surface area (Å²) in [7, 11) is 0. The van der Waals surface area contributed by atoms with E-state index in [9.17, 15) is 0 Å². The molecule has 0 amide bonds. The van der Waals surface area contributed by atoms with Crippen molar-refractivity contribution in [3.8, 4) is 0 Å². The molecular weight excluding hydrogens is 198 g/mol. The summed E-state index contributed by atoms with van der Waals surface area (Å²) in [4.78, 5) is 1.23. The van der Waals surface area contributed by atoms with Crippen LogP contribution in [-0.4, -0.2) is 15.4 Å². The Morgan fingerprint density at radius 3 is 3.00 bits per heavy atom. The van der Waals surface area contributed by atoms with Crippen LogP contribution in [0.4, 0.5) is 0 Å². The van der Waals surface area contributed by atoms with Crippen molar-refractivity contribution in [1.82, 2.24) is 20.8 Å². The molecule has 2 aromatic heterocycles. The lowest BCUT2D eigenvalue weighted by molar-refractivity contribution is 0.618. The fourth-order valence-corrected chi connectivity index (χ4v) is 2.12. The van der Waals surface area contributed by atoms with Gasteiger partial charge in [0, 0.05) is 4.88 Å². The number of hydrazine groups is 1. The van der Waals surface area contributed by atoms with Crippen molar-refractivity contribution in [2.45, 2.75) is 13.0 Å². The van der Waals surface area contributed by atoms with E-state index in [0.717, 1.165) is 11.3 Å². The highest BCUT2D eigenvalue weighted by Gasteiger charge is 2.17. The van der Waals surface area contributed by atoms with Gasteiger partial charge in [0.05, 0.1) is 12.2 Å². The molecule has 0 bridgehead atoms. The monoisotopic (exact) mass is 209 g/mol. The number of nitrogens with zero attached hydrogens (tertiary/aromatic N) is 2. The number of hydrogen-bond donors (Lipinski definition) is 3. The van der Waals surface area contributed by atoms with Crippen molar-refractivity contribution >= 4 is 11.3 Å². The summed E-state index contributed by atoms with van der Waals surface area (Å²) in [5.74, 6) is 5.50. The standard InChI is InChI=1S/C8H11N5S/c1-5-6(2-3-14-5)8(11-9)7-4-10-13-12-7/h2-4,8,11H,9H2,1H3,(H,10,12,13). The van der Waals surface area contributed by atoms with Crippen LogP contribution in [0, 0.1) is 6.92 Å². The summed E-state index contributed by atoms with van der Waals surface area (Å²) >= 11 is 1.69. The fraction of sp³-hybridized carbons (Fsp3) is 0.250. The first-order valence-corrected chi connectivity index (χ1v) is 5.06. The van der Waals surface area contributed by atoms with E-state index in [2.05, 4.69) is 27.8 Å². The SMILES string of the molecule is Cc1sccc1C(NN)c1cn[nH]n1. The third kappa shape index (κ3) is 1.54. The minimum atomic E-state index is -0.0833. The molecule has 6 heteroatoms. The van der Waals surface area contributed by atoms with Crippen LogP contribution >= 0.6 is 11.3 Å². The smallest absolute Gasteiger partial charge is 0.105 e. The van der Waals surface area contributed by atoms with Gasteiger partial charge < -0.3 is 0 Å². The highest BCUT2D eigenvalue weighted by atomic mass is 32.1. The molecule has 1 unspecified atom stereocenters. The molecule has 0 aliphatic heterocycles. The lowest BCUT2D eigenvalue weighted by atomic mass is 10.1. The Morgan fingerprint density at radius 1 is 1.64 bits per heavy atom. The number of nitrogens with one attached hydrogen (secondary N) is 2. The van der Waals surface area contributed by atoms with Crippen LogP contribution in [0.3, 0.4) is 0 Å². The van der Waals surface area contributed by atoms with E-state index in [-0.39, 0.29) is 6.04 Å². The Bertz CT molecular complexity index is 394. The minimum Gasteiger partial charge on any atom is -0.271 e. The molecule has 0 aliphatic carbocycles. The van der Waals surface area contributed by atoms with Gasteiger partial charge in [0.2, 0.25) is 0 Å². The van der Waals surface area contributed by atoms with Gasteiger partial charge in [-0.1, -0.05) is 0 Å². The number of rotatable bonds is 3. The second-order valence-electron chi connectivity index (χ2n) is 2.93. The van der Waals surface area contributed by atoms with Crippen molar-refractivity contribution < 1.29 is 0 Å².